The van der Waals surface area contributed by atoms with Crippen LogP contribution in [0.5, 0.6) is 11.5 Å². The van der Waals surface area contributed by atoms with Crippen molar-refractivity contribution in [1.29, 1.82) is 0 Å². The van der Waals surface area contributed by atoms with Crippen LogP contribution in [0.2, 0.25) is 0 Å². The molecule has 1 aliphatic heterocycles. The van der Waals surface area contributed by atoms with Gasteiger partial charge in [0.1, 0.15) is 11.5 Å². The molecule has 0 aliphatic carbocycles. The van der Waals surface area contributed by atoms with Gasteiger partial charge in [-0.1, -0.05) is 36.4 Å². The molecule has 132 valence electrons. The van der Waals surface area contributed by atoms with Gasteiger partial charge in [0.05, 0.1) is 19.3 Å². The van der Waals surface area contributed by atoms with E-state index in [1.54, 1.807) is 0 Å². The quantitative estimate of drug-likeness (QED) is 0.806. The van der Waals surface area contributed by atoms with Crippen molar-refractivity contribution in [2.24, 2.45) is 0 Å². The van der Waals surface area contributed by atoms with Crippen LogP contribution in [0.25, 0.3) is 0 Å². The third kappa shape index (κ3) is 4.32. The number of hydrogen-bond donors (Lipinski definition) is 1. The molecule has 2 aromatic carbocycles. The van der Waals surface area contributed by atoms with Crippen molar-refractivity contribution < 1.29 is 14.3 Å². The summed E-state index contributed by atoms with van der Waals surface area (Å²) < 4.78 is 11.5. The molecule has 0 bridgehead atoms. The van der Waals surface area contributed by atoms with E-state index in [-0.39, 0.29) is 11.9 Å². The molecular formula is C21H25NO3. The van der Waals surface area contributed by atoms with E-state index in [0.29, 0.717) is 26.1 Å². The third-order valence-electron chi connectivity index (χ3n) is 4.50. The molecule has 4 nitrogen and oxygen atoms in total. The van der Waals surface area contributed by atoms with E-state index in [2.05, 4.69) is 5.32 Å². The van der Waals surface area contributed by atoms with Gasteiger partial charge in [0.15, 0.2) is 0 Å². The Morgan fingerprint density at radius 1 is 1.16 bits per heavy atom. The Morgan fingerprint density at radius 2 is 1.92 bits per heavy atom. The summed E-state index contributed by atoms with van der Waals surface area (Å²) in [7, 11) is 0. The average molecular weight is 339 g/mol. The highest BCUT2D eigenvalue weighted by Crippen LogP contribution is 2.31. The predicted molar refractivity (Wildman–Crippen MR) is 98.1 cm³/mol. The number of aryl methyl sites for hydroxylation is 2. The largest absolute Gasteiger partial charge is 0.493 e. The molecule has 0 aromatic heterocycles. The maximum Gasteiger partial charge on any atom is 0.220 e. The number of ether oxygens (including phenoxy) is 2. The summed E-state index contributed by atoms with van der Waals surface area (Å²) in [4.78, 5) is 12.3. The van der Waals surface area contributed by atoms with Gasteiger partial charge in [-0.15, -0.1) is 0 Å². The highest BCUT2D eigenvalue weighted by Gasteiger charge is 2.22. The number of rotatable bonds is 6. The second-order valence-corrected chi connectivity index (χ2v) is 6.47. The molecule has 0 saturated heterocycles. The first kappa shape index (κ1) is 17.3. The van der Waals surface area contributed by atoms with Gasteiger partial charge in [0, 0.05) is 18.4 Å². The number of nitrogens with one attached hydrogen (secondary N) is 1. The van der Waals surface area contributed by atoms with Crippen molar-refractivity contribution in [2.45, 2.75) is 39.2 Å². The molecular weight excluding hydrogens is 314 g/mol. The van der Waals surface area contributed by atoms with Gasteiger partial charge in [-0.2, -0.15) is 0 Å². The number of hydrogen-bond acceptors (Lipinski definition) is 3. The zero-order valence-corrected chi connectivity index (χ0v) is 14.9. The number of amides is 1. The minimum atomic E-state index is 0.0389. The zero-order valence-electron chi connectivity index (χ0n) is 14.9. The van der Waals surface area contributed by atoms with E-state index in [1.165, 1.54) is 0 Å². The number of benzene rings is 2. The lowest BCUT2D eigenvalue weighted by molar-refractivity contribution is -0.122. The normalized spacial score (nSPS) is 15.8. The molecule has 3 rings (SSSR count). The minimum absolute atomic E-state index is 0.0389. The maximum atomic E-state index is 12.3. The molecule has 0 fully saturated rings. The molecule has 25 heavy (non-hydrogen) atoms. The van der Waals surface area contributed by atoms with Gasteiger partial charge >= 0.3 is 0 Å². The Balaban J connectivity index is 1.46. The lowest BCUT2D eigenvalue weighted by Crippen LogP contribution is -2.32. The van der Waals surface area contributed by atoms with Gasteiger partial charge in [-0.25, -0.2) is 0 Å². The zero-order chi connectivity index (χ0) is 17.6. The van der Waals surface area contributed by atoms with Crippen LogP contribution in [0.1, 0.15) is 42.0 Å². The van der Waals surface area contributed by atoms with Crippen LogP contribution in [0.4, 0.5) is 0 Å². The second-order valence-electron chi connectivity index (χ2n) is 6.47. The summed E-state index contributed by atoms with van der Waals surface area (Å²) >= 11 is 0. The van der Waals surface area contributed by atoms with Crippen LogP contribution in [0.3, 0.4) is 0 Å². The lowest BCUT2D eigenvalue weighted by Gasteiger charge is -2.26. The fourth-order valence-corrected chi connectivity index (χ4v) is 3.19. The van der Waals surface area contributed by atoms with Crippen molar-refractivity contribution in [3.8, 4) is 11.5 Å². The van der Waals surface area contributed by atoms with Crippen LogP contribution in [-0.4, -0.2) is 19.1 Å². The van der Waals surface area contributed by atoms with E-state index in [4.69, 9.17) is 9.47 Å². The molecule has 1 atom stereocenters. The fraction of sp³-hybridized carbons (Fsp3) is 0.381. The van der Waals surface area contributed by atoms with Crippen LogP contribution in [-0.2, 0) is 4.79 Å². The Labute approximate surface area is 149 Å². The van der Waals surface area contributed by atoms with Crippen LogP contribution < -0.4 is 14.8 Å². The molecule has 1 unspecified atom stereocenters. The Morgan fingerprint density at radius 3 is 2.72 bits per heavy atom. The van der Waals surface area contributed by atoms with E-state index in [0.717, 1.165) is 34.6 Å². The molecule has 1 amide bonds. The molecule has 0 radical (unpaired) electrons. The number of fused-ring (bicyclic) bond motifs is 1. The highest BCUT2D eigenvalue weighted by atomic mass is 16.5. The first-order valence-corrected chi connectivity index (χ1v) is 8.85. The van der Waals surface area contributed by atoms with E-state index in [9.17, 15) is 4.79 Å². The molecule has 0 spiro atoms. The SMILES string of the molecule is Cc1cccc(C)c1OCCCC(=O)NC1CCOc2ccccc21. The number of carbonyl (C=O) groups is 1. The Bertz CT molecular complexity index is 721. The molecule has 2 aromatic rings. The Kier molecular flexibility index (Phi) is 5.59. The first-order chi connectivity index (χ1) is 12.1. The summed E-state index contributed by atoms with van der Waals surface area (Å²) in [5.74, 6) is 1.87. The number of para-hydroxylation sites is 2. The van der Waals surface area contributed by atoms with Gasteiger partial charge in [-0.3, -0.25) is 4.79 Å². The highest BCUT2D eigenvalue weighted by molar-refractivity contribution is 5.76. The number of carbonyl (C=O) groups excluding carboxylic acids is 1. The van der Waals surface area contributed by atoms with Crippen molar-refractivity contribution in [3.63, 3.8) is 0 Å². The van der Waals surface area contributed by atoms with Crippen molar-refractivity contribution in [1.82, 2.24) is 5.32 Å². The Hall–Kier alpha value is -2.49. The monoisotopic (exact) mass is 339 g/mol. The van der Waals surface area contributed by atoms with Crippen molar-refractivity contribution in [3.05, 3.63) is 59.2 Å². The first-order valence-electron chi connectivity index (χ1n) is 8.85. The van der Waals surface area contributed by atoms with Crippen molar-refractivity contribution >= 4 is 5.91 Å². The molecule has 1 aliphatic rings. The summed E-state index contributed by atoms with van der Waals surface area (Å²) in [6, 6.07) is 14.0. The predicted octanol–water partition coefficient (Wildman–Crippen LogP) is 4.10. The molecule has 1 N–H and O–H groups in total. The van der Waals surface area contributed by atoms with E-state index < -0.39 is 0 Å². The lowest BCUT2D eigenvalue weighted by atomic mass is 10.0. The molecule has 4 heteroatoms. The van der Waals surface area contributed by atoms with E-state index in [1.807, 2.05) is 56.3 Å². The standard InChI is InChI=1S/C21H25NO3/c1-15-7-5-8-16(2)21(15)25-13-6-11-20(23)22-18-12-14-24-19-10-4-3-9-17(18)19/h3-5,7-10,18H,6,11-14H2,1-2H3,(H,22,23). The molecule has 0 saturated carbocycles. The summed E-state index contributed by atoms with van der Waals surface area (Å²) in [6.45, 7) is 5.26. The van der Waals surface area contributed by atoms with Crippen molar-refractivity contribution in [2.75, 3.05) is 13.2 Å². The summed E-state index contributed by atoms with van der Waals surface area (Å²) in [5.41, 5.74) is 3.32. The van der Waals surface area contributed by atoms with E-state index >= 15 is 0 Å². The van der Waals surface area contributed by atoms with Crippen LogP contribution >= 0.6 is 0 Å². The topological polar surface area (TPSA) is 47.6 Å². The second kappa shape index (κ2) is 8.06. The fourth-order valence-electron chi connectivity index (χ4n) is 3.19. The van der Waals surface area contributed by atoms with Gasteiger partial charge in [0.2, 0.25) is 5.91 Å². The van der Waals surface area contributed by atoms with Crippen LogP contribution in [0, 0.1) is 13.8 Å². The van der Waals surface area contributed by atoms with Gasteiger partial charge < -0.3 is 14.8 Å². The summed E-state index contributed by atoms with van der Waals surface area (Å²) in [5, 5.41) is 3.12. The van der Waals surface area contributed by atoms with Gasteiger partial charge in [0.25, 0.3) is 0 Å². The smallest absolute Gasteiger partial charge is 0.220 e. The minimum Gasteiger partial charge on any atom is -0.493 e. The van der Waals surface area contributed by atoms with Gasteiger partial charge in [-0.05, 0) is 37.5 Å². The molecule has 1 heterocycles. The third-order valence-corrected chi connectivity index (χ3v) is 4.50. The average Bonchev–Trinajstić information content (AvgIpc) is 2.61. The maximum absolute atomic E-state index is 12.3. The van der Waals surface area contributed by atoms with Crippen LogP contribution in [0.15, 0.2) is 42.5 Å². The summed E-state index contributed by atoms with van der Waals surface area (Å²) in [6.07, 6.45) is 1.97.